The second kappa shape index (κ2) is 7.36. The third-order valence-electron chi connectivity index (χ3n) is 5.53. The Morgan fingerprint density at radius 3 is 1.52 bits per heavy atom. The zero-order valence-corrected chi connectivity index (χ0v) is 17.3. The van der Waals surface area contributed by atoms with Gasteiger partial charge in [0.05, 0.1) is 33.5 Å². The van der Waals surface area contributed by atoms with E-state index in [0.29, 0.717) is 35.9 Å². The monoisotopic (exact) mass is 411 g/mol. The van der Waals surface area contributed by atoms with Crippen LogP contribution >= 0.6 is 0 Å². The molecule has 5 rings (SSSR count). The van der Waals surface area contributed by atoms with Gasteiger partial charge >= 0.3 is 0 Å². The topological polar surface area (TPSA) is 85.6 Å². The maximum Gasteiger partial charge on any atom is 0.279 e. The SMILES string of the molecule is CCn1c(=O)c(-c2ccc(-c3nc4ccccc4n(CC)c3=O)[nH]2)nc2ccccc21. The Bertz CT molecular complexity index is 1440. The molecule has 31 heavy (non-hydrogen) atoms. The normalized spacial score (nSPS) is 11.4. The summed E-state index contributed by atoms with van der Waals surface area (Å²) in [6, 6.07) is 18.7. The largest absolute Gasteiger partial charge is 0.352 e. The van der Waals surface area contributed by atoms with Crippen LogP contribution in [0.4, 0.5) is 0 Å². The molecule has 0 amide bonds. The highest BCUT2D eigenvalue weighted by Gasteiger charge is 2.17. The van der Waals surface area contributed by atoms with Crippen LogP contribution in [0.1, 0.15) is 13.8 Å². The molecule has 5 aromatic rings. The maximum absolute atomic E-state index is 13.1. The second-order valence-electron chi connectivity index (χ2n) is 7.28. The fourth-order valence-corrected chi connectivity index (χ4v) is 4.04. The van der Waals surface area contributed by atoms with Crippen LogP contribution in [0.15, 0.2) is 70.3 Å². The third-order valence-corrected chi connectivity index (χ3v) is 5.53. The van der Waals surface area contributed by atoms with Crippen LogP contribution in [0.25, 0.3) is 44.8 Å². The number of benzene rings is 2. The van der Waals surface area contributed by atoms with Gasteiger partial charge in [-0.05, 0) is 50.2 Å². The number of H-pyrrole nitrogens is 1. The highest BCUT2D eigenvalue weighted by atomic mass is 16.1. The first-order valence-corrected chi connectivity index (χ1v) is 10.3. The first kappa shape index (κ1) is 19.0. The van der Waals surface area contributed by atoms with Gasteiger partial charge in [-0.2, -0.15) is 0 Å². The molecule has 1 N–H and O–H groups in total. The molecule has 3 aromatic heterocycles. The van der Waals surface area contributed by atoms with E-state index in [4.69, 9.17) is 0 Å². The lowest BCUT2D eigenvalue weighted by Gasteiger charge is -2.10. The van der Waals surface area contributed by atoms with Gasteiger partial charge in [-0.3, -0.25) is 9.59 Å². The number of nitrogens with zero attached hydrogens (tertiary/aromatic N) is 4. The van der Waals surface area contributed by atoms with E-state index >= 15 is 0 Å². The molecule has 3 heterocycles. The van der Waals surface area contributed by atoms with Gasteiger partial charge in [0.25, 0.3) is 11.1 Å². The summed E-state index contributed by atoms with van der Waals surface area (Å²) in [7, 11) is 0. The Balaban J connectivity index is 1.71. The summed E-state index contributed by atoms with van der Waals surface area (Å²) in [6.07, 6.45) is 0. The van der Waals surface area contributed by atoms with Crippen LogP contribution in [0.3, 0.4) is 0 Å². The molecule has 0 atom stereocenters. The van der Waals surface area contributed by atoms with Gasteiger partial charge in [0.15, 0.2) is 11.4 Å². The molecule has 0 spiro atoms. The standard InChI is InChI=1S/C24H21N5O2/c1-3-28-19-11-7-5-9-15(19)26-21(23(28)30)17-13-14-18(25-17)22-24(31)29(4-2)20-12-8-6-10-16(20)27-22/h5-14,25H,3-4H2,1-2H3. The Morgan fingerprint density at radius 1 is 0.677 bits per heavy atom. The molecule has 0 bridgehead atoms. The van der Waals surface area contributed by atoms with E-state index in [-0.39, 0.29) is 11.1 Å². The summed E-state index contributed by atoms with van der Waals surface area (Å²) in [5.74, 6) is 0. The summed E-state index contributed by atoms with van der Waals surface area (Å²) < 4.78 is 3.41. The van der Waals surface area contributed by atoms with Crippen molar-refractivity contribution < 1.29 is 0 Å². The molecule has 2 aromatic carbocycles. The van der Waals surface area contributed by atoms with E-state index in [1.807, 2.05) is 62.4 Å². The van der Waals surface area contributed by atoms with Crippen molar-refractivity contribution >= 4 is 22.1 Å². The number of hydrogen-bond donors (Lipinski definition) is 1. The molecule has 154 valence electrons. The van der Waals surface area contributed by atoms with Crippen LogP contribution < -0.4 is 11.1 Å². The van der Waals surface area contributed by atoms with E-state index in [9.17, 15) is 9.59 Å². The smallest absolute Gasteiger partial charge is 0.279 e. The Morgan fingerprint density at radius 2 is 1.10 bits per heavy atom. The van der Waals surface area contributed by atoms with Crippen LogP contribution in [0.5, 0.6) is 0 Å². The number of aryl methyl sites for hydroxylation is 2. The third kappa shape index (κ3) is 2.97. The molecular weight excluding hydrogens is 390 g/mol. The zero-order chi connectivity index (χ0) is 21.5. The minimum atomic E-state index is -0.174. The number of rotatable bonds is 4. The summed E-state index contributed by atoms with van der Waals surface area (Å²) >= 11 is 0. The van der Waals surface area contributed by atoms with Gasteiger partial charge in [-0.1, -0.05) is 24.3 Å². The molecule has 0 saturated carbocycles. The maximum atomic E-state index is 13.1. The van der Waals surface area contributed by atoms with E-state index in [1.165, 1.54) is 0 Å². The molecule has 0 aliphatic heterocycles. The predicted molar refractivity (Wildman–Crippen MR) is 122 cm³/mol. The summed E-state index contributed by atoms with van der Waals surface area (Å²) in [5.41, 5.74) is 4.50. The molecule has 0 radical (unpaired) electrons. The highest BCUT2D eigenvalue weighted by molar-refractivity contribution is 5.79. The zero-order valence-electron chi connectivity index (χ0n) is 17.3. The fraction of sp³-hybridized carbons (Fsp3) is 0.167. The van der Waals surface area contributed by atoms with Gasteiger partial charge in [0, 0.05) is 13.1 Å². The number of fused-ring (bicyclic) bond motifs is 2. The van der Waals surface area contributed by atoms with E-state index in [2.05, 4.69) is 15.0 Å². The van der Waals surface area contributed by atoms with Crippen molar-refractivity contribution in [3.8, 4) is 22.8 Å². The van der Waals surface area contributed by atoms with Crippen molar-refractivity contribution in [2.24, 2.45) is 0 Å². The number of para-hydroxylation sites is 4. The summed E-state index contributed by atoms with van der Waals surface area (Å²) in [4.78, 5) is 38.6. The van der Waals surface area contributed by atoms with E-state index in [1.54, 1.807) is 21.3 Å². The van der Waals surface area contributed by atoms with E-state index in [0.717, 1.165) is 22.1 Å². The molecule has 0 fully saturated rings. The van der Waals surface area contributed by atoms with Gasteiger partial charge in [-0.15, -0.1) is 0 Å². The van der Waals surface area contributed by atoms with Crippen LogP contribution in [0.2, 0.25) is 0 Å². The highest BCUT2D eigenvalue weighted by Crippen LogP contribution is 2.22. The number of hydrogen-bond acceptors (Lipinski definition) is 4. The lowest BCUT2D eigenvalue weighted by atomic mass is 10.2. The first-order chi connectivity index (χ1) is 15.1. The van der Waals surface area contributed by atoms with Gasteiger partial charge in [0.1, 0.15) is 0 Å². The molecule has 0 saturated heterocycles. The van der Waals surface area contributed by atoms with Crippen molar-refractivity contribution in [3.63, 3.8) is 0 Å². The number of aromatic nitrogens is 5. The predicted octanol–water partition coefficient (Wildman–Crippen LogP) is 3.81. The second-order valence-corrected chi connectivity index (χ2v) is 7.28. The molecule has 0 aliphatic carbocycles. The van der Waals surface area contributed by atoms with Crippen molar-refractivity contribution in [3.05, 3.63) is 81.4 Å². The number of nitrogens with one attached hydrogen (secondary N) is 1. The fourth-order valence-electron chi connectivity index (χ4n) is 4.04. The summed E-state index contributed by atoms with van der Waals surface area (Å²) in [5, 5.41) is 0. The molecular formula is C24H21N5O2. The average Bonchev–Trinajstić information content (AvgIpc) is 3.28. The van der Waals surface area contributed by atoms with Crippen molar-refractivity contribution in [2.75, 3.05) is 0 Å². The van der Waals surface area contributed by atoms with Gasteiger partial charge < -0.3 is 14.1 Å². The Kier molecular flexibility index (Phi) is 4.51. The minimum absolute atomic E-state index is 0.174. The van der Waals surface area contributed by atoms with Crippen LogP contribution in [-0.2, 0) is 13.1 Å². The van der Waals surface area contributed by atoms with Crippen molar-refractivity contribution in [1.29, 1.82) is 0 Å². The van der Waals surface area contributed by atoms with Gasteiger partial charge in [0.2, 0.25) is 0 Å². The van der Waals surface area contributed by atoms with E-state index < -0.39 is 0 Å². The van der Waals surface area contributed by atoms with Gasteiger partial charge in [-0.25, -0.2) is 9.97 Å². The Hall–Kier alpha value is -4.00. The average molecular weight is 411 g/mol. The lowest BCUT2D eigenvalue weighted by Crippen LogP contribution is -2.23. The van der Waals surface area contributed by atoms with Crippen LogP contribution in [-0.4, -0.2) is 24.1 Å². The molecule has 0 aliphatic rings. The van der Waals surface area contributed by atoms with Crippen molar-refractivity contribution in [1.82, 2.24) is 24.1 Å². The first-order valence-electron chi connectivity index (χ1n) is 10.3. The van der Waals surface area contributed by atoms with Crippen LogP contribution in [0, 0.1) is 0 Å². The molecule has 7 nitrogen and oxygen atoms in total. The number of aromatic amines is 1. The molecule has 7 heteroatoms. The molecule has 0 unspecified atom stereocenters. The Labute approximate surface area is 177 Å². The summed E-state index contributed by atoms with van der Waals surface area (Å²) in [6.45, 7) is 4.94. The minimum Gasteiger partial charge on any atom is -0.352 e. The lowest BCUT2D eigenvalue weighted by molar-refractivity contribution is 0.754. The van der Waals surface area contributed by atoms with Crippen molar-refractivity contribution in [2.45, 2.75) is 26.9 Å². The quantitative estimate of drug-likeness (QED) is 0.487.